The molecule has 0 N–H and O–H groups in total. The van der Waals surface area contributed by atoms with Crippen molar-refractivity contribution in [2.45, 2.75) is 33.1 Å². The Hall–Kier alpha value is -2.81. The maximum absolute atomic E-state index is 12.9. The highest BCUT2D eigenvalue weighted by molar-refractivity contribution is 6.13. The molecule has 3 nitrogen and oxygen atoms in total. The Morgan fingerprint density at radius 3 is 1.52 bits per heavy atom. The first-order chi connectivity index (χ1) is 13.2. The van der Waals surface area contributed by atoms with Crippen molar-refractivity contribution in [3.8, 4) is 11.5 Å². The van der Waals surface area contributed by atoms with E-state index in [0.29, 0.717) is 13.2 Å². The van der Waals surface area contributed by atoms with Crippen LogP contribution in [0.3, 0.4) is 0 Å². The van der Waals surface area contributed by atoms with Gasteiger partial charge >= 0.3 is 0 Å². The van der Waals surface area contributed by atoms with Gasteiger partial charge in [0.1, 0.15) is 11.5 Å². The van der Waals surface area contributed by atoms with E-state index in [1.807, 2.05) is 74.5 Å². The van der Waals surface area contributed by atoms with Gasteiger partial charge in [-0.3, -0.25) is 4.79 Å². The zero-order chi connectivity index (χ0) is 19.1. The average Bonchev–Trinajstić information content (AvgIpc) is 2.68. The third-order valence-electron chi connectivity index (χ3n) is 4.54. The quantitative estimate of drug-likeness (QED) is 0.618. The van der Waals surface area contributed by atoms with Crippen molar-refractivity contribution < 1.29 is 14.3 Å². The molecule has 3 rings (SSSR count). The summed E-state index contributed by atoms with van der Waals surface area (Å²) in [5.74, 6) is 1.86. The number of carbonyl (C=O) groups is 1. The van der Waals surface area contributed by atoms with Crippen LogP contribution in [0.4, 0.5) is 0 Å². The third-order valence-corrected chi connectivity index (χ3v) is 4.54. The third kappa shape index (κ3) is 5.10. The molecule has 0 unspecified atom stereocenters. The molecule has 1 saturated carbocycles. The molecule has 0 amide bonds. The van der Waals surface area contributed by atoms with Gasteiger partial charge in [0.15, 0.2) is 5.78 Å². The Kier molecular flexibility index (Phi) is 6.48. The molecule has 2 aromatic rings. The van der Waals surface area contributed by atoms with Gasteiger partial charge in [-0.1, -0.05) is 24.3 Å². The topological polar surface area (TPSA) is 35.5 Å². The summed E-state index contributed by atoms with van der Waals surface area (Å²) in [6.45, 7) is 5.24. The standard InChI is InChI=1S/C24H26O3/c1-3-26-22-12-8-18(9-13-22)16-20-6-5-7-21(24(20)25)17-19-10-14-23(15-11-19)27-4-2/h8-17H,3-7H2,1-2H3. The minimum atomic E-state index is 0.156. The number of hydrogen-bond acceptors (Lipinski definition) is 3. The van der Waals surface area contributed by atoms with Crippen LogP contribution in [0.15, 0.2) is 59.7 Å². The zero-order valence-corrected chi connectivity index (χ0v) is 16.0. The molecule has 0 aromatic heterocycles. The number of Topliss-reactive ketones (excluding diaryl/α,β-unsaturated/α-hetero) is 1. The van der Waals surface area contributed by atoms with Crippen LogP contribution in [0.25, 0.3) is 12.2 Å². The van der Waals surface area contributed by atoms with Crippen LogP contribution in [0.5, 0.6) is 11.5 Å². The summed E-state index contributed by atoms with van der Waals surface area (Å²) < 4.78 is 10.9. The van der Waals surface area contributed by atoms with Crippen molar-refractivity contribution in [2.75, 3.05) is 13.2 Å². The molecule has 0 bridgehead atoms. The van der Waals surface area contributed by atoms with Gasteiger partial charge in [0.05, 0.1) is 13.2 Å². The van der Waals surface area contributed by atoms with E-state index in [1.165, 1.54) is 0 Å². The smallest absolute Gasteiger partial charge is 0.185 e. The van der Waals surface area contributed by atoms with E-state index < -0.39 is 0 Å². The predicted molar refractivity (Wildman–Crippen MR) is 110 cm³/mol. The maximum atomic E-state index is 12.9. The number of hydrogen-bond donors (Lipinski definition) is 0. The minimum absolute atomic E-state index is 0.156. The van der Waals surface area contributed by atoms with E-state index >= 15 is 0 Å². The molecule has 0 spiro atoms. The second-order valence-corrected chi connectivity index (χ2v) is 6.53. The molecule has 140 valence electrons. The second kappa shape index (κ2) is 9.22. The number of carbonyl (C=O) groups excluding carboxylic acids is 1. The van der Waals surface area contributed by atoms with E-state index in [2.05, 4.69) is 0 Å². The van der Waals surface area contributed by atoms with Gasteiger partial charge < -0.3 is 9.47 Å². The lowest BCUT2D eigenvalue weighted by molar-refractivity contribution is -0.112. The van der Waals surface area contributed by atoms with Crippen molar-refractivity contribution in [2.24, 2.45) is 0 Å². The monoisotopic (exact) mass is 362 g/mol. The Bertz CT molecular complexity index is 757. The highest BCUT2D eigenvalue weighted by Crippen LogP contribution is 2.28. The predicted octanol–water partition coefficient (Wildman–Crippen LogP) is 5.70. The molecule has 0 atom stereocenters. The molecule has 1 aliphatic carbocycles. The largest absolute Gasteiger partial charge is 0.494 e. The molecule has 1 fully saturated rings. The Balaban J connectivity index is 1.76. The van der Waals surface area contributed by atoms with Gasteiger partial charge in [-0.05, 0) is 80.7 Å². The number of benzene rings is 2. The normalized spacial score (nSPS) is 17.3. The second-order valence-electron chi connectivity index (χ2n) is 6.53. The summed E-state index contributed by atoms with van der Waals surface area (Å²) in [6.07, 6.45) is 6.66. The Labute approximate surface area is 161 Å². The fraction of sp³-hybridized carbons (Fsp3) is 0.292. The minimum Gasteiger partial charge on any atom is -0.494 e. The van der Waals surface area contributed by atoms with Crippen molar-refractivity contribution in [3.63, 3.8) is 0 Å². The van der Waals surface area contributed by atoms with Crippen LogP contribution in [-0.4, -0.2) is 19.0 Å². The number of allylic oxidation sites excluding steroid dienone is 2. The zero-order valence-electron chi connectivity index (χ0n) is 16.0. The van der Waals surface area contributed by atoms with Gasteiger partial charge in [-0.25, -0.2) is 0 Å². The molecule has 3 heteroatoms. The van der Waals surface area contributed by atoms with Crippen LogP contribution in [0.2, 0.25) is 0 Å². The van der Waals surface area contributed by atoms with Gasteiger partial charge in [-0.2, -0.15) is 0 Å². The summed E-state index contributed by atoms with van der Waals surface area (Å²) in [5.41, 5.74) is 3.82. The van der Waals surface area contributed by atoms with Gasteiger partial charge in [0.2, 0.25) is 0 Å². The fourth-order valence-electron chi connectivity index (χ4n) is 3.23. The highest BCUT2D eigenvalue weighted by atomic mass is 16.5. The van der Waals surface area contributed by atoms with Crippen LogP contribution in [0, 0.1) is 0 Å². The van der Waals surface area contributed by atoms with E-state index in [-0.39, 0.29) is 5.78 Å². The average molecular weight is 362 g/mol. The van der Waals surface area contributed by atoms with Crippen molar-refractivity contribution in [1.82, 2.24) is 0 Å². The summed E-state index contributed by atoms with van der Waals surface area (Å²) in [6, 6.07) is 15.8. The number of ether oxygens (including phenoxy) is 2. The lowest BCUT2D eigenvalue weighted by Crippen LogP contribution is -2.12. The van der Waals surface area contributed by atoms with Crippen LogP contribution in [-0.2, 0) is 4.79 Å². The van der Waals surface area contributed by atoms with Crippen molar-refractivity contribution >= 4 is 17.9 Å². The van der Waals surface area contributed by atoms with E-state index in [0.717, 1.165) is 53.0 Å². The molecule has 1 aliphatic rings. The summed E-state index contributed by atoms with van der Waals surface area (Å²) in [4.78, 5) is 12.9. The van der Waals surface area contributed by atoms with E-state index in [9.17, 15) is 4.79 Å². The molecule has 0 radical (unpaired) electrons. The van der Waals surface area contributed by atoms with Crippen molar-refractivity contribution in [3.05, 3.63) is 70.8 Å². The summed E-state index contributed by atoms with van der Waals surface area (Å²) >= 11 is 0. The lowest BCUT2D eigenvalue weighted by atomic mass is 9.87. The van der Waals surface area contributed by atoms with Gasteiger partial charge in [0, 0.05) is 11.1 Å². The highest BCUT2D eigenvalue weighted by Gasteiger charge is 2.20. The van der Waals surface area contributed by atoms with Gasteiger partial charge in [0.25, 0.3) is 0 Å². The molecule has 0 heterocycles. The Morgan fingerprint density at radius 1 is 0.741 bits per heavy atom. The van der Waals surface area contributed by atoms with E-state index in [1.54, 1.807) is 0 Å². The first kappa shape index (κ1) is 19.0. The van der Waals surface area contributed by atoms with Crippen molar-refractivity contribution in [1.29, 1.82) is 0 Å². The molecule has 0 saturated heterocycles. The SMILES string of the molecule is CCOc1ccc(C=C2CCCC(=Cc3ccc(OCC)cc3)C2=O)cc1. The molecular formula is C24H26O3. The van der Waals surface area contributed by atoms with Crippen LogP contribution in [0.1, 0.15) is 44.2 Å². The maximum Gasteiger partial charge on any atom is 0.185 e. The molecule has 0 aliphatic heterocycles. The molecule has 2 aromatic carbocycles. The Morgan fingerprint density at radius 2 is 1.15 bits per heavy atom. The number of rotatable bonds is 6. The first-order valence-electron chi connectivity index (χ1n) is 9.61. The number of ketones is 1. The van der Waals surface area contributed by atoms with Crippen LogP contribution >= 0.6 is 0 Å². The van der Waals surface area contributed by atoms with Gasteiger partial charge in [-0.15, -0.1) is 0 Å². The van der Waals surface area contributed by atoms with Crippen LogP contribution < -0.4 is 9.47 Å². The fourth-order valence-corrected chi connectivity index (χ4v) is 3.23. The summed E-state index contributed by atoms with van der Waals surface area (Å²) in [7, 11) is 0. The molecule has 27 heavy (non-hydrogen) atoms. The first-order valence-corrected chi connectivity index (χ1v) is 9.61. The molecular weight excluding hydrogens is 336 g/mol. The van der Waals surface area contributed by atoms with E-state index in [4.69, 9.17) is 9.47 Å². The lowest BCUT2D eigenvalue weighted by Gasteiger charge is -2.16. The summed E-state index contributed by atoms with van der Waals surface area (Å²) in [5, 5.41) is 0.